The van der Waals surface area contributed by atoms with Crippen LogP contribution in [-0.2, 0) is 27.0 Å². The van der Waals surface area contributed by atoms with E-state index in [2.05, 4.69) is 103 Å². The Morgan fingerprint density at radius 3 is 1.50 bits per heavy atom. The zero-order chi connectivity index (χ0) is 19.6. The Labute approximate surface area is 177 Å². The molecule has 1 aromatic rings. The maximum Gasteiger partial charge on any atom is 0.000120 e. The summed E-state index contributed by atoms with van der Waals surface area (Å²) in [6.45, 7) is 21.2. The van der Waals surface area contributed by atoms with Crippen molar-refractivity contribution in [3.8, 4) is 0 Å². The van der Waals surface area contributed by atoms with Gasteiger partial charge >= 0.3 is 0 Å². The summed E-state index contributed by atoms with van der Waals surface area (Å²) in [5.74, 6) is 0. The minimum atomic E-state index is 0. The van der Waals surface area contributed by atoms with Crippen LogP contribution in [0.5, 0.6) is 0 Å². The fourth-order valence-corrected chi connectivity index (χ4v) is 2.75. The molecule has 1 aromatic carbocycles. The average molecular weight is 454 g/mol. The van der Waals surface area contributed by atoms with Crippen LogP contribution in [-0.4, -0.2) is 53.0 Å². The van der Waals surface area contributed by atoms with Crippen LogP contribution in [0.3, 0.4) is 0 Å². The van der Waals surface area contributed by atoms with Crippen LogP contribution in [0.4, 0.5) is 0 Å². The van der Waals surface area contributed by atoms with E-state index in [-0.39, 0.29) is 20.4 Å². The fourth-order valence-electron chi connectivity index (χ4n) is 2.75. The maximum absolute atomic E-state index is 3.16. The number of benzene rings is 1. The Morgan fingerprint density at radius 2 is 1.23 bits per heavy atom. The van der Waals surface area contributed by atoms with Crippen molar-refractivity contribution in [2.45, 2.75) is 86.1 Å². The van der Waals surface area contributed by atoms with Crippen LogP contribution in [0, 0.1) is 12.7 Å². The molecule has 1 rings (SSSR count). The molecule has 0 aliphatic heterocycles. The maximum atomic E-state index is 3.16. The van der Waals surface area contributed by atoms with Gasteiger partial charge in [0.15, 0.2) is 0 Å². The summed E-state index contributed by atoms with van der Waals surface area (Å²) < 4.78 is 0. The third kappa shape index (κ3) is 12.2. The molecule has 0 saturated heterocycles. The zero-order valence-electron chi connectivity index (χ0n) is 18.6. The predicted molar refractivity (Wildman–Crippen MR) is 111 cm³/mol. The summed E-state index contributed by atoms with van der Waals surface area (Å²) in [5, 5.41) is 0. The quantitative estimate of drug-likeness (QED) is 0.410. The fraction of sp³-hybridized carbons (Fsp3) is 0.682. The van der Waals surface area contributed by atoms with Crippen molar-refractivity contribution in [3.05, 3.63) is 42.6 Å². The summed E-state index contributed by atoms with van der Waals surface area (Å²) >= 11 is 0. The number of rotatable bonds is 8. The Hall–Kier alpha value is -0.238. The van der Waals surface area contributed by atoms with Gasteiger partial charge in [0.1, 0.15) is 0 Å². The van der Waals surface area contributed by atoms with Crippen LogP contribution in [0.15, 0.2) is 24.3 Å². The van der Waals surface area contributed by atoms with E-state index in [1.54, 1.807) is 0 Å². The van der Waals surface area contributed by atoms with E-state index in [4.69, 9.17) is 0 Å². The number of nitrogens with zero attached hydrogens (tertiary/aromatic N) is 3. The van der Waals surface area contributed by atoms with Gasteiger partial charge < -0.3 is 14.7 Å². The third-order valence-corrected chi connectivity index (χ3v) is 3.91. The van der Waals surface area contributed by atoms with Crippen molar-refractivity contribution < 1.29 is 20.4 Å². The molecule has 0 unspecified atom stereocenters. The van der Waals surface area contributed by atoms with Crippen LogP contribution in [0.1, 0.15) is 61.0 Å². The number of hydrogen-bond acceptors (Lipinski definition) is 3. The molecule has 3 nitrogen and oxygen atoms in total. The largest absolute Gasteiger partial charge is 0.438 e. The van der Waals surface area contributed by atoms with Crippen LogP contribution in [0.25, 0.3) is 0 Å². The Balaban J connectivity index is 0. The van der Waals surface area contributed by atoms with Crippen LogP contribution in [0.2, 0.25) is 0 Å². The minimum Gasteiger partial charge on any atom is -0.438 e. The molecule has 0 saturated carbocycles. The summed E-state index contributed by atoms with van der Waals surface area (Å²) in [5.41, 5.74) is 1.24. The van der Waals surface area contributed by atoms with Crippen molar-refractivity contribution in [1.29, 1.82) is 0 Å². The molecular weight excluding hydrogens is 413 g/mol. The minimum absolute atomic E-state index is 0. The smallest absolute Gasteiger partial charge is 0.000120 e. The second-order valence-corrected chi connectivity index (χ2v) is 8.01. The second-order valence-electron chi connectivity index (χ2n) is 8.01. The van der Waals surface area contributed by atoms with E-state index in [0.717, 1.165) is 6.54 Å². The SMILES string of the molecule is CC(C)N([CH-]N(C(C)C)C(C)C)C(C)C.CN(C)Cc1[c-]cccc1.[Pd]. The van der Waals surface area contributed by atoms with Gasteiger partial charge in [-0.3, -0.25) is 0 Å². The topological polar surface area (TPSA) is 9.72 Å². The van der Waals surface area contributed by atoms with Gasteiger partial charge in [-0.25, -0.2) is 6.67 Å². The molecule has 0 heterocycles. The Morgan fingerprint density at radius 1 is 0.808 bits per heavy atom. The summed E-state index contributed by atoms with van der Waals surface area (Å²) in [6.07, 6.45) is 0. The van der Waals surface area contributed by atoms with Crippen molar-refractivity contribution in [3.63, 3.8) is 0 Å². The van der Waals surface area contributed by atoms with Gasteiger partial charge in [-0.05, 0) is 38.3 Å². The molecule has 0 aromatic heterocycles. The molecule has 156 valence electrons. The van der Waals surface area contributed by atoms with Crippen LogP contribution >= 0.6 is 0 Å². The standard InChI is InChI=1S/C13H29N2.C9H12N.Pd/c1-10(2)14(11(3)4)9-15(12(5)6)13(7)8;1-10(2)8-9-6-4-3-5-7-9;/h9-13H,1-8H3;3-6H,8H2,1-2H3;/q2*-1;. The molecule has 0 atom stereocenters. The van der Waals surface area contributed by atoms with Gasteiger partial charge in [0.2, 0.25) is 0 Å². The Bertz CT molecular complexity index is 396. The van der Waals surface area contributed by atoms with Gasteiger partial charge in [-0.1, -0.05) is 55.4 Å². The predicted octanol–water partition coefficient (Wildman–Crippen LogP) is 4.89. The number of hydrogen-bond donors (Lipinski definition) is 0. The molecule has 0 N–H and O–H groups in total. The first-order valence-corrected chi connectivity index (χ1v) is 9.56. The zero-order valence-corrected chi connectivity index (χ0v) is 20.1. The van der Waals surface area contributed by atoms with E-state index in [9.17, 15) is 0 Å². The van der Waals surface area contributed by atoms with E-state index in [1.165, 1.54) is 5.56 Å². The molecule has 0 fully saturated rings. The van der Waals surface area contributed by atoms with Crippen molar-refractivity contribution >= 4 is 0 Å². The van der Waals surface area contributed by atoms with Gasteiger partial charge in [-0.2, -0.15) is 30.3 Å². The molecule has 26 heavy (non-hydrogen) atoms. The Kier molecular flexibility index (Phi) is 15.9. The van der Waals surface area contributed by atoms with Gasteiger partial charge in [0.05, 0.1) is 0 Å². The summed E-state index contributed by atoms with van der Waals surface area (Å²) in [6, 6.07) is 13.4. The first-order valence-electron chi connectivity index (χ1n) is 9.56. The molecule has 0 aliphatic rings. The molecule has 4 heteroatoms. The van der Waals surface area contributed by atoms with E-state index in [1.807, 2.05) is 18.2 Å². The molecular formula is C22H41N3Pd-2. The molecule has 0 aliphatic carbocycles. The molecule has 0 amide bonds. The normalized spacial score (nSPS) is 11.6. The van der Waals surface area contributed by atoms with Crippen LogP contribution < -0.4 is 0 Å². The average Bonchev–Trinajstić information content (AvgIpc) is 2.47. The van der Waals surface area contributed by atoms with Gasteiger partial charge in [0.25, 0.3) is 0 Å². The van der Waals surface area contributed by atoms with Crippen molar-refractivity contribution in [2.75, 3.05) is 14.1 Å². The first-order chi connectivity index (χ1) is 11.6. The van der Waals surface area contributed by atoms with E-state index >= 15 is 0 Å². The molecule has 0 radical (unpaired) electrons. The third-order valence-electron chi connectivity index (χ3n) is 3.91. The summed E-state index contributed by atoms with van der Waals surface area (Å²) in [4.78, 5) is 6.96. The monoisotopic (exact) mass is 453 g/mol. The first kappa shape index (κ1) is 28.0. The van der Waals surface area contributed by atoms with Gasteiger partial charge in [0, 0.05) is 27.0 Å². The summed E-state index contributed by atoms with van der Waals surface area (Å²) in [7, 11) is 4.11. The molecule has 0 bridgehead atoms. The van der Waals surface area contributed by atoms with E-state index < -0.39 is 0 Å². The van der Waals surface area contributed by atoms with Crippen molar-refractivity contribution in [2.24, 2.45) is 0 Å². The van der Waals surface area contributed by atoms with Crippen molar-refractivity contribution in [1.82, 2.24) is 14.7 Å². The second kappa shape index (κ2) is 14.8. The van der Waals surface area contributed by atoms with Gasteiger partial charge in [-0.15, -0.1) is 5.56 Å². The van der Waals surface area contributed by atoms with E-state index in [0.29, 0.717) is 24.2 Å². The molecule has 0 spiro atoms.